The second-order valence-electron chi connectivity index (χ2n) is 5.11. The number of hydrogen-bond donors (Lipinski definition) is 3. The number of hydrogen-bond acceptors (Lipinski definition) is 8. The van der Waals surface area contributed by atoms with Crippen molar-refractivity contribution in [2.24, 2.45) is 0 Å². The molecule has 132 valence electrons. The molecule has 0 aliphatic carbocycles. The minimum absolute atomic E-state index is 0.163. The Morgan fingerprint density at radius 2 is 2.20 bits per heavy atom. The highest BCUT2D eigenvalue weighted by Gasteiger charge is 2.22. The van der Waals surface area contributed by atoms with E-state index in [1.54, 1.807) is 12.3 Å². The number of amides is 3. The van der Waals surface area contributed by atoms with Crippen molar-refractivity contribution in [3.8, 4) is 0 Å². The lowest BCUT2D eigenvalue weighted by Gasteiger charge is -2.09. The second-order valence-corrected chi connectivity index (χ2v) is 7.11. The zero-order chi connectivity index (χ0) is 17.8. The number of thiazole rings is 1. The summed E-state index contributed by atoms with van der Waals surface area (Å²) in [5, 5.41) is 10.4. The molecular weight excluding hydrogens is 364 g/mol. The predicted octanol–water partition coefficient (Wildman–Crippen LogP) is 1.99. The summed E-state index contributed by atoms with van der Waals surface area (Å²) in [5.74, 6) is -0.996. The molecule has 0 atom stereocenters. The number of aromatic nitrogens is 1. The van der Waals surface area contributed by atoms with Crippen LogP contribution in [-0.4, -0.2) is 36.0 Å². The Bertz CT molecular complexity index is 791. The number of alkyl carbamates (subject to hydrolysis) is 1. The molecule has 2 aromatic rings. The molecule has 0 unspecified atom stereocenters. The summed E-state index contributed by atoms with van der Waals surface area (Å²) >= 11 is 2.54. The quantitative estimate of drug-likeness (QED) is 0.748. The van der Waals surface area contributed by atoms with E-state index in [-0.39, 0.29) is 18.1 Å². The number of nitrogens with zero attached hydrogens (tertiary/aromatic N) is 1. The molecule has 1 aliphatic heterocycles. The van der Waals surface area contributed by atoms with Crippen molar-refractivity contribution < 1.29 is 19.1 Å². The van der Waals surface area contributed by atoms with Gasteiger partial charge in [0.1, 0.15) is 5.00 Å². The lowest BCUT2D eigenvalue weighted by molar-refractivity contribution is 0.0926. The third-order valence-electron chi connectivity index (χ3n) is 3.42. The van der Waals surface area contributed by atoms with Crippen LogP contribution in [0.5, 0.6) is 0 Å². The first kappa shape index (κ1) is 17.5. The van der Waals surface area contributed by atoms with Gasteiger partial charge >= 0.3 is 6.09 Å². The van der Waals surface area contributed by atoms with E-state index >= 15 is 0 Å². The number of thiophene rings is 1. The van der Waals surface area contributed by atoms with Crippen LogP contribution in [0.1, 0.15) is 37.7 Å². The number of anilines is 1. The van der Waals surface area contributed by atoms with Gasteiger partial charge in [0.15, 0.2) is 5.01 Å². The fourth-order valence-electron chi connectivity index (χ4n) is 2.29. The van der Waals surface area contributed by atoms with E-state index < -0.39 is 12.0 Å². The molecule has 3 N–H and O–H groups in total. The van der Waals surface area contributed by atoms with Crippen molar-refractivity contribution in [2.45, 2.75) is 19.9 Å². The van der Waals surface area contributed by atoms with Crippen LogP contribution in [0.4, 0.5) is 9.80 Å². The topological polar surface area (TPSA) is 109 Å². The third-order valence-corrected chi connectivity index (χ3v) is 5.35. The minimum Gasteiger partial charge on any atom is -0.450 e. The van der Waals surface area contributed by atoms with Crippen molar-refractivity contribution >= 4 is 45.6 Å². The van der Waals surface area contributed by atoms with E-state index in [1.807, 2.05) is 0 Å². The lowest BCUT2D eigenvalue weighted by Crippen LogP contribution is -2.31. The van der Waals surface area contributed by atoms with Gasteiger partial charge in [0.2, 0.25) is 0 Å². The fourth-order valence-corrected chi connectivity index (χ4v) is 4.04. The molecule has 0 fully saturated rings. The molecule has 2 aromatic heterocycles. The molecule has 3 heterocycles. The Kier molecular flexibility index (Phi) is 5.41. The highest BCUT2D eigenvalue weighted by molar-refractivity contribution is 7.15. The van der Waals surface area contributed by atoms with Crippen LogP contribution in [-0.2, 0) is 17.7 Å². The SMILES string of the molecule is CCOC(=O)NC(=O)c1ccsc1NC(=O)c1nc2c(s1)CNCC2. The summed E-state index contributed by atoms with van der Waals surface area (Å²) in [6.07, 6.45) is -0.0261. The van der Waals surface area contributed by atoms with Crippen molar-refractivity contribution in [3.05, 3.63) is 32.6 Å². The molecule has 25 heavy (non-hydrogen) atoms. The van der Waals surface area contributed by atoms with Crippen LogP contribution in [0.3, 0.4) is 0 Å². The summed E-state index contributed by atoms with van der Waals surface area (Å²) in [7, 11) is 0. The van der Waals surface area contributed by atoms with Crippen molar-refractivity contribution in [3.63, 3.8) is 0 Å². The second kappa shape index (κ2) is 7.72. The Balaban J connectivity index is 1.70. The van der Waals surface area contributed by atoms with Gasteiger partial charge in [0.05, 0.1) is 17.9 Å². The maximum atomic E-state index is 12.4. The maximum absolute atomic E-state index is 12.4. The first-order chi connectivity index (χ1) is 12.1. The minimum atomic E-state index is -0.823. The maximum Gasteiger partial charge on any atom is 0.414 e. The van der Waals surface area contributed by atoms with Crippen LogP contribution in [0.25, 0.3) is 0 Å². The average Bonchev–Trinajstić information content (AvgIpc) is 3.21. The lowest BCUT2D eigenvalue weighted by atomic mass is 10.2. The van der Waals surface area contributed by atoms with Crippen LogP contribution < -0.4 is 16.0 Å². The molecule has 10 heteroatoms. The van der Waals surface area contributed by atoms with Crippen molar-refractivity contribution in [2.75, 3.05) is 18.5 Å². The number of ether oxygens (including phenoxy) is 1. The largest absolute Gasteiger partial charge is 0.450 e. The molecular formula is C15H16N4O4S2. The molecule has 0 aromatic carbocycles. The molecule has 0 saturated carbocycles. The number of carbonyl (C=O) groups is 3. The van der Waals surface area contributed by atoms with E-state index in [2.05, 4.69) is 25.7 Å². The fraction of sp³-hybridized carbons (Fsp3) is 0.333. The van der Waals surface area contributed by atoms with Gasteiger partial charge in [-0.1, -0.05) is 0 Å². The van der Waals surface area contributed by atoms with Crippen LogP contribution in [0, 0.1) is 0 Å². The highest BCUT2D eigenvalue weighted by atomic mass is 32.1. The van der Waals surface area contributed by atoms with Gasteiger partial charge in [-0.25, -0.2) is 9.78 Å². The summed E-state index contributed by atoms with van der Waals surface area (Å²) in [6.45, 7) is 3.37. The molecule has 0 saturated heterocycles. The zero-order valence-corrected chi connectivity index (χ0v) is 15.0. The number of rotatable bonds is 4. The molecule has 0 bridgehead atoms. The van der Waals surface area contributed by atoms with Crippen molar-refractivity contribution in [1.29, 1.82) is 0 Å². The third kappa shape index (κ3) is 4.03. The monoisotopic (exact) mass is 380 g/mol. The number of fused-ring (bicyclic) bond motifs is 1. The van der Waals surface area contributed by atoms with Gasteiger partial charge in [-0.3, -0.25) is 14.9 Å². The Morgan fingerprint density at radius 1 is 1.36 bits per heavy atom. The van der Waals surface area contributed by atoms with E-state index in [0.29, 0.717) is 16.6 Å². The Labute approximate surface area is 151 Å². The summed E-state index contributed by atoms with van der Waals surface area (Å²) in [6, 6.07) is 1.53. The van der Waals surface area contributed by atoms with E-state index in [1.165, 1.54) is 28.7 Å². The van der Waals surface area contributed by atoms with E-state index in [0.717, 1.165) is 23.5 Å². The molecule has 8 nitrogen and oxygen atoms in total. The van der Waals surface area contributed by atoms with Gasteiger partial charge in [-0.15, -0.1) is 22.7 Å². The van der Waals surface area contributed by atoms with E-state index in [9.17, 15) is 14.4 Å². The first-order valence-corrected chi connectivity index (χ1v) is 9.34. The van der Waals surface area contributed by atoms with Gasteiger partial charge in [-0.2, -0.15) is 0 Å². The average molecular weight is 380 g/mol. The van der Waals surface area contributed by atoms with Gasteiger partial charge in [0.25, 0.3) is 11.8 Å². The zero-order valence-electron chi connectivity index (χ0n) is 13.4. The summed E-state index contributed by atoms with van der Waals surface area (Å²) in [4.78, 5) is 41.3. The van der Waals surface area contributed by atoms with Crippen LogP contribution in [0.15, 0.2) is 11.4 Å². The Morgan fingerprint density at radius 3 is 2.96 bits per heavy atom. The predicted molar refractivity (Wildman–Crippen MR) is 94.3 cm³/mol. The smallest absolute Gasteiger partial charge is 0.414 e. The molecule has 3 amide bonds. The van der Waals surface area contributed by atoms with E-state index in [4.69, 9.17) is 0 Å². The molecule has 0 spiro atoms. The first-order valence-electron chi connectivity index (χ1n) is 7.64. The highest BCUT2D eigenvalue weighted by Crippen LogP contribution is 2.26. The number of imide groups is 1. The van der Waals surface area contributed by atoms with Gasteiger partial charge < -0.3 is 15.4 Å². The van der Waals surface area contributed by atoms with Crippen LogP contribution in [0.2, 0.25) is 0 Å². The summed E-state index contributed by atoms with van der Waals surface area (Å²) in [5.41, 5.74) is 1.15. The van der Waals surface area contributed by atoms with Gasteiger partial charge in [-0.05, 0) is 18.4 Å². The van der Waals surface area contributed by atoms with Crippen molar-refractivity contribution in [1.82, 2.24) is 15.6 Å². The van der Waals surface area contributed by atoms with Crippen LogP contribution >= 0.6 is 22.7 Å². The van der Waals surface area contributed by atoms with Gasteiger partial charge in [0, 0.05) is 24.4 Å². The molecule has 3 rings (SSSR count). The Hall–Kier alpha value is -2.30. The standard InChI is InChI=1S/C15H16N4O4S2/c1-2-23-15(22)19-11(20)8-4-6-24-13(8)18-12(21)14-17-9-3-5-16-7-10(9)25-14/h4,6,16H,2-3,5,7H2,1H3,(H,18,21)(H,19,20,22). The normalized spacial score (nSPS) is 13.0. The molecule has 1 aliphatic rings. The summed E-state index contributed by atoms with van der Waals surface area (Å²) < 4.78 is 4.68. The number of carbonyl (C=O) groups excluding carboxylic acids is 3. The molecule has 0 radical (unpaired) electrons. The number of nitrogens with one attached hydrogen (secondary N) is 3.